The van der Waals surface area contributed by atoms with Crippen LogP contribution in [0.1, 0.15) is 41.7 Å². The number of hydrogen-bond donors (Lipinski definition) is 0. The van der Waals surface area contributed by atoms with Crippen LogP contribution in [0.25, 0.3) is 10.2 Å². The number of para-hydroxylation sites is 1. The highest BCUT2D eigenvalue weighted by Gasteiger charge is 2.35. The van der Waals surface area contributed by atoms with Crippen molar-refractivity contribution in [3.63, 3.8) is 0 Å². The fourth-order valence-electron chi connectivity index (χ4n) is 3.89. The van der Waals surface area contributed by atoms with Crippen molar-refractivity contribution in [2.75, 3.05) is 13.1 Å². The third-order valence-corrected chi connectivity index (χ3v) is 6.43. The third kappa shape index (κ3) is 3.67. The van der Waals surface area contributed by atoms with Crippen molar-refractivity contribution in [3.8, 4) is 0 Å². The molecule has 1 aromatic heterocycles. The number of benzene rings is 2. The number of nitrogens with zero attached hydrogens (tertiary/aromatic N) is 2. The second kappa shape index (κ2) is 8.05. The van der Waals surface area contributed by atoms with Crippen molar-refractivity contribution in [1.82, 2.24) is 9.88 Å². The van der Waals surface area contributed by atoms with Gasteiger partial charge in [-0.25, -0.2) is 4.98 Å². The minimum Gasteiger partial charge on any atom is -0.342 e. The highest BCUT2D eigenvalue weighted by molar-refractivity contribution is 7.18. The Bertz CT molecular complexity index is 895. The number of carbonyl (C=O) groups is 1. The smallest absolute Gasteiger partial charge is 0.233 e. The molecule has 0 unspecified atom stereocenters. The van der Waals surface area contributed by atoms with Gasteiger partial charge in [0, 0.05) is 19.0 Å². The minimum absolute atomic E-state index is 0.0822. The van der Waals surface area contributed by atoms with E-state index in [9.17, 15) is 4.79 Å². The topological polar surface area (TPSA) is 33.2 Å². The first-order valence-corrected chi connectivity index (χ1v) is 10.4. The van der Waals surface area contributed by atoms with Crippen LogP contribution in [0.2, 0.25) is 0 Å². The Balaban J connectivity index is 1.78. The number of piperidine rings is 1. The first-order valence-electron chi connectivity index (χ1n) is 9.59. The molecular formula is C23H24N2OS. The second-order valence-corrected chi connectivity index (χ2v) is 8.12. The average Bonchev–Trinajstić information content (AvgIpc) is 3.16. The maximum atomic E-state index is 13.6. The number of fused-ring (bicyclic) bond motifs is 1. The molecule has 1 fully saturated rings. The number of aromatic nitrogens is 1. The molecule has 1 amide bonds. The Morgan fingerprint density at radius 3 is 2.44 bits per heavy atom. The number of amides is 1. The van der Waals surface area contributed by atoms with E-state index >= 15 is 0 Å². The van der Waals surface area contributed by atoms with E-state index in [0.717, 1.165) is 46.7 Å². The first kappa shape index (κ1) is 17.9. The van der Waals surface area contributed by atoms with Crippen LogP contribution in [0.5, 0.6) is 0 Å². The van der Waals surface area contributed by atoms with Crippen molar-refractivity contribution >= 4 is 27.5 Å². The van der Waals surface area contributed by atoms with Crippen LogP contribution >= 0.6 is 11.3 Å². The van der Waals surface area contributed by atoms with E-state index in [1.807, 2.05) is 47.4 Å². The molecule has 0 spiro atoms. The molecule has 0 aliphatic carbocycles. The van der Waals surface area contributed by atoms with Crippen LogP contribution in [0.4, 0.5) is 0 Å². The van der Waals surface area contributed by atoms with Crippen LogP contribution in [-0.4, -0.2) is 28.9 Å². The van der Waals surface area contributed by atoms with E-state index < -0.39 is 0 Å². The molecule has 0 radical (unpaired) electrons. The number of likely N-dealkylation sites (tertiary alicyclic amines) is 1. The Morgan fingerprint density at radius 2 is 1.74 bits per heavy atom. The molecule has 0 bridgehead atoms. The summed E-state index contributed by atoms with van der Waals surface area (Å²) in [5.41, 5.74) is 2.08. The lowest BCUT2D eigenvalue weighted by atomic mass is 9.85. The summed E-state index contributed by atoms with van der Waals surface area (Å²) >= 11 is 1.63. The third-order valence-electron chi connectivity index (χ3n) is 5.31. The molecule has 27 heavy (non-hydrogen) atoms. The van der Waals surface area contributed by atoms with Gasteiger partial charge in [-0.05, 0) is 37.0 Å². The number of hydrogen-bond acceptors (Lipinski definition) is 3. The summed E-state index contributed by atoms with van der Waals surface area (Å²) < 4.78 is 1.12. The molecule has 0 saturated carbocycles. The van der Waals surface area contributed by atoms with Gasteiger partial charge < -0.3 is 4.90 Å². The number of allylic oxidation sites excluding steroid dienone is 1. The van der Waals surface area contributed by atoms with Gasteiger partial charge in [-0.1, -0.05) is 48.5 Å². The van der Waals surface area contributed by atoms with Gasteiger partial charge in [0.25, 0.3) is 0 Å². The summed E-state index contributed by atoms with van der Waals surface area (Å²) in [4.78, 5) is 20.5. The summed E-state index contributed by atoms with van der Waals surface area (Å²) in [5.74, 6) is -0.218. The van der Waals surface area contributed by atoms with E-state index in [4.69, 9.17) is 4.98 Å². The molecule has 1 aliphatic heterocycles. The first-order chi connectivity index (χ1) is 13.3. The van der Waals surface area contributed by atoms with E-state index in [1.165, 1.54) is 6.42 Å². The van der Waals surface area contributed by atoms with Gasteiger partial charge in [-0.2, -0.15) is 0 Å². The molecule has 2 heterocycles. The molecular weight excluding hydrogens is 352 g/mol. The normalized spacial score (nSPS) is 16.8. The maximum absolute atomic E-state index is 13.6. The molecule has 138 valence electrons. The van der Waals surface area contributed by atoms with Gasteiger partial charge in [0.1, 0.15) is 10.9 Å². The molecule has 3 aromatic rings. The lowest BCUT2D eigenvalue weighted by Crippen LogP contribution is -2.40. The zero-order valence-corrected chi connectivity index (χ0v) is 16.2. The molecule has 4 rings (SSSR count). The minimum atomic E-state index is -0.319. The summed E-state index contributed by atoms with van der Waals surface area (Å²) in [6, 6.07) is 18.3. The Labute approximate surface area is 164 Å². The highest BCUT2D eigenvalue weighted by Crippen LogP contribution is 2.39. The summed E-state index contributed by atoms with van der Waals surface area (Å²) in [5, 5.41) is 0.889. The average molecular weight is 377 g/mol. The van der Waals surface area contributed by atoms with Gasteiger partial charge in [0.2, 0.25) is 5.91 Å². The zero-order valence-electron chi connectivity index (χ0n) is 15.4. The Hall–Kier alpha value is -2.46. The Morgan fingerprint density at radius 1 is 1.04 bits per heavy atom. The van der Waals surface area contributed by atoms with Crippen molar-refractivity contribution in [3.05, 3.63) is 77.8 Å². The van der Waals surface area contributed by atoms with Crippen molar-refractivity contribution in [1.29, 1.82) is 0 Å². The van der Waals surface area contributed by atoms with Crippen LogP contribution in [0.3, 0.4) is 0 Å². The van der Waals surface area contributed by atoms with Gasteiger partial charge in [0.05, 0.1) is 10.2 Å². The fraction of sp³-hybridized carbons (Fsp3) is 0.304. The lowest BCUT2D eigenvalue weighted by Gasteiger charge is -2.32. The van der Waals surface area contributed by atoms with Crippen LogP contribution in [-0.2, 0) is 4.79 Å². The lowest BCUT2D eigenvalue weighted by molar-refractivity contribution is -0.134. The molecule has 2 atom stereocenters. The van der Waals surface area contributed by atoms with E-state index in [2.05, 4.69) is 24.8 Å². The molecule has 2 aromatic carbocycles. The van der Waals surface area contributed by atoms with E-state index in [-0.39, 0.29) is 17.7 Å². The molecule has 3 nitrogen and oxygen atoms in total. The fourth-order valence-corrected chi connectivity index (χ4v) is 5.00. The highest BCUT2D eigenvalue weighted by atomic mass is 32.1. The van der Waals surface area contributed by atoms with Crippen LogP contribution < -0.4 is 0 Å². The van der Waals surface area contributed by atoms with Crippen molar-refractivity contribution in [2.45, 2.75) is 31.1 Å². The van der Waals surface area contributed by atoms with Crippen molar-refractivity contribution < 1.29 is 4.79 Å². The molecule has 1 aliphatic rings. The van der Waals surface area contributed by atoms with Gasteiger partial charge in [-0.15, -0.1) is 17.9 Å². The predicted molar refractivity (Wildman–Crippen MR) is 112 cm³/mol. The molecule has 0 N–H and O–H groups in total. The largest absolute Gasteiger partial charge is 0.342 e. The summed E-state index contributed by atoms with van der Waals surface area (Å²) in [6.07, 6.45) is 5.29. The number of thiazole rings is 1. The summed E-state index contributed by atoms with van der Waals surface area (Å²) in [6.45, 7) is 5.76. The number of carbonyl (C=O) groups excluding carboxylic acids is 1. The van der Waals surface area contributed by atoms with Crippen LogP contribution in [0, 0.1) is 0 Å². The van der Waals surface area contributed by atoms with Gasteiger partial charge >= 0.3 is 0 Å². The van der Waals surface area contributed by atoms with Crippen LogP contribution in [0.15, 0.2) is 67.3 Å². The SMILES string of the molecule is C=C[C@H](c1ccccc1)[C@H](C(=O)N1CCCCC1)c1nc2ccccc2s1. The Kier molecular flexibility index (Phi) is 5.35. The summed E-state index contributed by atoms with van der Waals surface area (Å²) in [7, 11) is 0. The van der Waals surface area contributed by atoms with E-state index in [0.29, 0.717) is 0 Å². The quantitative estimate of drug-likeness (QED) is 0.562. The van der Waals surface area contributed by atoms with E-state index in [1.54, 1.807) is 11.3 Å². The molecule has 1 saturated heterocycles. The standard InChI is InChI=1S/C23H24N2OS/c1-2-18(17-11-5-3-6-12-17)21(23(26)25-15-9-4-10-16-25)22-24-19-13-7-8-14-20(19)27-22/h2-3,5-8,11-14,18,21H,1,4,9-10,15-16H2/t18-,21+/m1/s1. The van der Waals surface area contributed by atoms with Gasteiger partial charge in [-0.3, -0.25) is 4.79 Å². The molecule has 4 heteroatoms. The second-order valence-electron chi connectivity index (χ2n) is 7.06. The van der Waals surface area contributed by atoms with Crippen molar-refractivity contribution in [2.24, 2.45) is 0 Å². The monoisotopic (exact) mass is 376 g/mol. The zero-order chi connectivity index (χ0) is 18.6. The predicted octanol–water partition coefficient (Wildman–Crippen LogP) is 5.36. The maximum Gasteiger partial charge on any atom is 0.233 e. The number of rotatable bonds is 5. The van der Waals surface area contributed by atoms with Gasteiger partial charge in [0.15, 0.2) is 0 Å².